The average molecular weight is 292 g/mol. The molecule has 2 atom stereocenters. The lowest BCUT2D eigenvalue weighted by atomic mass is 10.0. The van der Waals surface area contributed by atoms with E-state index >= 15 is 0 Å². The molecule has 0 radical (unpaired) electrons. The van der Waals surface area contributed by atoms with Crippen molar-refractivity contribution in [3.63, 3.8) is 0 Å². The third-order valence-electron chi connectivity index (χ3n) is 3.82. The zero-order chi connectivity index (χ0) is 15.1. The molecule has 0 aliphatic carbocycles. The van der Waals surface area contributed by atoms with Gasteiger partial charge in [-0.15, -0.1) is 0 Å². The number of ether oxygens (including phenoxy) is 1. The van der Waals surface area contributed by atoms with E-state index in [1.165, 1.54) is 5.56 Å². The first-order chi connectivity index (χ1) is 10.2. The van der Waals surface area contributed by atoms with Gasteiger partial charge in [-0.25, -0.2) is 0 Å². The minimum absolute atomic E-state index is 0.0226. The van der Waals surface area contributed by atoms with Gasteiger partial charge in [-0.3, -0.25) is 4.79 Å². The highest BCUT2D eigenvalue weighted by Crippen LogP contribution is 2.13. The fourth-order valence-electron chi connectivity index (χ4n) is 2.53. The fraction of sp³-hybridized carbons (Fsp3) is 0.562. The summed E-state index contributed by atoms with van der Waals surface area (Å²) in [6, 6.07) is 7.79. The first-order valence-electron chi connectivity index (χ1n) is 7.50. The Balaban J connectivity index is 1.68. The summed E-state index contributed by atoms with van der Waals surface area (Å²) in [4.78, 5) is 11.9. The Morgan fingerprint density at radius 3 is 2.86 bits per heavy atom. The Labute approximate surface area is 125 Å². The molecule has 1 aromatic carbocycles. The van der Waals surface area contributed by atoms with Gasteiger partial charge in [-0.05, 0) is 43.5 Å². The lowest BCUT2D eigenvalue weighted by Gasteiger charge is -2.29. The van der Waals surface area contributed by atoms with Crippen molar-refractivity contribution in [2.24, 2.45) is 0 Å². The van der Waals surface area contributed by atoms with Crippen LogP contribution in [0.3, 0.4) is 0 Å². The number of benzene rings is 1. The number of aliphatic hydroxyl groups is 1. The Morgan fingerprint density at radius 1 is 1.43 bits per heavy atom. The van der Waals surface area contributed by atoms with Crippen molar-refractivity contribution in [3.05, 3.63) is 29.8 Å². The monoisotopic (exact) mass is 292 g/mol. The van der Waals surface area contributed by atoms with Crippen LogP contribution >= 0.6 is 0 Å². The number of hydrogen-bond acceptors (Lipinski definition) is 4. The molecule has 3 N–H and O–H groups in total. The number of aryl methyl sites for hydroxylation is 1. The number of methoxy groups -OCH3 is 1. The van der Waals surface area contributed by atoms with Crippen LogP contribution in [0.4, 0.5) is 0 Å². The van der Waals surface area contributed by atoms with E-state index in [1.807, 2.05) is 24.3 Å². The Kier molecular flexibility index (Phi) is 6.02. The molecule has 5 heteroatoms. The summed E-state index contributed by atoms with van der Waals surface area (Å²) in [5.41, 5.74) is 1.20. The number of β-amino-alcohol motifs (C(OH)–C–C–N with tert-alkyl or cyclic N) is 1. The standard InChI is InChI=1S/C16H24N2O3/c1-21-13-7-5-12(6-8-13)3-2-4-16(20)18-14-9-10-17-11-15(14)19/h5-8,14-15,17,19H,2-4,9-11H2,1H3,(H,18,20)/t14-,15-/m1/s1. The summed E-state index contributed by atoms with van der Waals surface area (Å²) in [5, 5.41) is 15.8. The minimum Gasteiger partial charge on any atom is -0.497 e. The lowest BCUT2D eigenvalue weighted by molar-refractivity contribution is -0.123. The second-order valence-corrected chi connectivity index (χ2v) is 5.44. The zero-order valence-corrected chi connectivity index (χ0v) is 12.5. The first kappa shape index (κ1) is 15.8. The van der Waals surface area contributed by atoms with E-state index in [-0.39, 0.29) is 11.9 Å². The summed E-state index contributed by atoms with van der Waals surface area (Å²) < 4.78 is 5.11. The Hall–Kier alpha value is -1.59. The summed E-state index contributed by atoms with van der Waals surface area (Å²) in [6.07, 6.45) is 2.46. The van der Waals surface area contributed by atoms with Crippen molar-refractivity contribution in [1.29, 1.82) is 0 Å². The Morgan fingerprint density at radius 2 is 2.19 bits per heavy atom. The lowest BCUT2D eigenvalue weighted by Crippen LogP contribution is -2.52. The largest absolute Gasteiger partial charge is 0.497 e. The van der Waals surface area contributed by atoms with E-state index in [9.17, 15) is 9.90 Å². The highest BCUT2D eigenvalue weighted by Gasteiger charge is 2.23. The summed E-state index contributed by atoms with van der Waals surface area (Å²) in [5.74, 6) is 0.867. The number of carbonyl (C=O) groups is 1. The number of aliphatic hydroxyl groups excluding tert-OH is 1. The summed E-state index contributed by atoms with van der Waals surface area (Å²) in [7, 11) is 1.65. The number of piperidine rings is 1. The van der Waals surface area contributed by atoms with Crippen molar-refractivity contribution in [1.82, 2.24) is 10.6 Å². The molecule has 1 aliphatic rings. The van der Waals surface area contributed by atoms with Crippen LogP contribution in [0, 0.1) is 0 Å². The van der Waals surface area contributed by atoms with Crippen molar-refractivity contribution in [2.45, 2.75) is 37.8 Å². The molecule has 0 unspecified atom stereocenters. The second-order valence-electron chi connectivity index (χ2n) is 5.44. The molecule has 21 heavy (non-hydrogen) atoms. The van der Waals surface area contributed by atoms with Gasteiger partial charge in [0, 0.05) is 13.0 Å². The zero-order valence-electron chi connectivity index (χ0n) is 12.5. The smallest absolute Gasteiger partial charge is 0.220 e. The molecule has 1 saturated heterocycles. The molecule has 1 aliphatic heterocycles. The highest BCUT2D eigenvalue weighted by atomic mass is 16.5. The van der Waals surface area contributed by atoms with Crippen molar-refractivity contribution >= 4 is 5.91 Å². The summed E-state index contributed by atoms with van der Waals surface area (Å²) >= 11 is 0. The van der Waals surface area contributed by atoms with Crippen molar-refractivity contribution < 1.29 is 14.6 Å². The minimum atomic E-state index is -0.482. The van der Waals surface area contributed by atoms with Gasteiger partial charge in [0.05, 0.1) is 19.3 Å². The summed E-state index contributed by atoms with van der Waals surface area (Å²) in [6.45, 7) is 1.39. The van der Waals surface area contributed by atoms with Crippen LogP contribution in [-0.4, -0.2) is 43.4 Å². The van der Waals surface area contributed by atoms with Crippen LogP contribution in [-0.2, 0) is 11.2 Å². The second kappa shape index (κ2) is 8.00. The molecule has 116 valence electrons. The predicted molar refractivity (Wildman–Crippen MR) is 81.4 cm³/mol. The van der Waals surface area contributed by atoms with Crippen LogP contribution < -0.4 is 15.4 Å². The average Bonchev–Trinajstić information content (AvgIpc) is 2.50. The van der Waals surface area contributed by atoms with Gasteiger partial charge in [0.1, 0.15) is 5.75 Å². The molecule has 1 fully saturated rings. The maximum Gasteiger partial charge on any atom is 0.220 e. The van der Waals surface area contributed by atoms with E-state index < -0.39 is 6.10 Å². The molecular weight excluding hydrogens is 268 g/mol. The molecule has 1 aromatic rings. The molecule has 5 nitrogen and oxygen atoms in total. The van der Waals surface area contributed by atoms with Crippen LogP contribution in [0.15, 0.2) is 24.3 Å². The predicted octanol–water partition coefficient (Wildman–Crippen LogP) is 0.857. The van der Waals surface area contributed by atoms with Crippen molar-refractivity contribution in [3.8, 4) is 5.75 Å². The third-order valence-corrected chi connectivity index (χ3v) is 3.82. The molecule has 0 saturated carbocycles. The van der Waals surface area contributed by atoms with E-state index in [0.29, 0.717) is 13.0 Å². The van der Waals surface area contributed by atoms with Crippen molar-refractivity contribution in [2.75, 3.05) is 20.2 Å². The normalized spacial score (nSPS) is 21.8. The van der Waals surface area contributed by atoms with Gasteiger partial charge >= 0.3 is 0 Å². The molecule has 2 rings (SSSR count). The SMILES string of the molecule is COc1ccc(CCCC(=O)N[C@@H]2CCNC[C@H]2O)cc1. The molecule has 0 bridgehead atoms. The van der Waals surface area contributed by atoms with Gasteiger partial charge in [0.25, 0.3) is 0 Å². The fourth-order valence-corrected chi connectivity index (χ4v) is 2.53. The quantitative estimate of drug-likeness (QED) is 0.727. The van der Waals surface area contributed by atoms with Crippen LogP contribution in [0.2, 0.25) is 0 Å². The van der Waals surface area contributed by atoms with E-state index in [2.05, 4.69) is 10.6 Å². The van der Waals surface area contributed by atoms with E-state index in [0.717, 1.165) is 31.6 Å². The van der Waals surface area contributed by atoms with Gasteiger partial charge in [-0.2, -0.15) is 0 Å². The number of rotatable bonds is 6. The van der Waals surface area contributed by atoms with Crippen LogP contribution in [0.5, 0.6) is 5.75 Å². The number of amides is 1. The first-order valence-corrected chi connectivity index (χ1v) is 7.50. The topological polar surface area (TPSA) is 70.6 Å². The highest BCUT2D eigenvalue weighted by molar-refractivity contribution is 5.76. The number of nitrogens with one attached hydrogen (secondary N) is 2. The molecule has 0 spiro atoms. The molecule has 1 heterocycles. The maximum atomic E-state index is 11.9. The molecule has 0 aromatic heterocycles. The molecular formula is C16H24N2O3. The van der Waals surface area contributed by atoms with E-state index in [1.54, 1.807) is 7.11 Å². The molecule has 1 amide bonds. The van der Waals surface area contributed by atoms with Crippen LogP contribution in [0.25, 0.3) is 0 Å². The van der Waals surface area contributed by atoms with Crippen LogP contribution in [0.1, 0.15) is 24.8 Å². The van der Waals surface area contributed by atoms with Gasteiger partial charge < -0.3 is 20.5 Å². The third kappa shape index (κ3) is 5.02. The van der Waals surface area contributed by atoms with E-state index in [4.69, 9.17) is 4.74 Å². The number of carbonyl (C=O) groups excluding carboxylic acids is 1. The number of hydrogen-bond donors (Lipinski definition) is 3. The Bertz CT molecular complexity index is 447. The maximum absolute atomic E-state index is 11.9. The van der Waals surface area contributed by atoms with Gasteiger partial charge in [0.2, 0.25) is 5.91 Å². The van der Waals surface area contributed by atoms with Gasteiger partial charge in [-0.1, -0.05) is 12.1 Å². The van der Waals surface area contributed by atoms with Gasteiger partial charge in [0.15, 0.2) is 0 Å².